The number of aromatic nitrogens is 2. The summed E-state index contributed by atoms with van der Waals surface area (Å²) >= 11 is 0. The van der Waals surface area contributed by atoms with Crippen molar-refractivity contribution >= 4 is 64.6 Å². The Labute approximate surface area is 277 Å². The Kier molecular flexibility index (Phi) is 5.73. The average molecular weight is 605 g/mol. The van der Waals surface area contributed by atoms with Crippen molar-refractivity contribution in [1.29, 1.82) is 0 Å². The Bertz CT molecular complexity index is 2750. The van der Waals surface area contributed by atoms with Gasteiger partial charge in [0.1, 0.15) is 0 Å². The number of nitrogens with zero attached hydrogens (tertiary/aromatic N) is 2. The molecule has 0 bridgehead atoms. The normalized spacial score (nSPS) is 11.4. The fraction of sp³-hybridized carbons (Fsp3) is 0. The molecule has 8 aromatic carbocycles. The summed E-state index contributed by atoms with van der Waals surface area (Å²) in [5.41, 5.74) is 5.36. The van der Waals surface area contributed by atoms with Gasteiger partial charge in [-0.3, -0.25) is 9.97 Å². The van der Waals surface area contributed by atoms with E-state index in [0.29, 0.717) is 0 Å². The van der Waals surface area contributed by atoms with E-state index in [1.165, 1.54) is 64.6 Å². The monoisotopic (exact) mass is 604 g/mol. The van der Waals surface area contributed by atoms with Crippen LogP contribution in [0.3, 0.4) is 0 Å². The van der Waals surface area contributed by atoms with Crippen molar-refractivity contribution in [1.82, 2.24) is 9.97 Å². The lowest BCUT2D eigenvalue weighted by Gasteiger charge is -2.11. The maximum atomic E-state index is 4.69. The van der Waals surface area contributed by atoms with E-state index in [2.05, 4.69) is 143 Å². The Morgan fingerprint density at radius 2 is 0.688 bits per heavy atom. The summed E-state index contributed by atoms with van der Waals surface area (Å²) in [5, 5.41) is 15.0. The molecule has 0 aliphatic rings. The first-order chi connectivity index (χ1) is 23.8. The molecule has 0 saturated carbocycles. The molecule has 0 spiro atoms. The van der Waals surface area contributed by atoms with Crippen LogP contribution in [0.2, 0.25) is 0 Å². The van der Waals surface area contributed by atoms with Gasteiger partial charge < -0.3 is 0 Å². The molecule has 2 heterocycles. The second-order valence-corrected chi connectivity index (χ2v) is 12.3. The van der Waals surface area contributed by atoms with E-state index in [-0.39, 0.29) is 0 Å². The number of hydrogen-bond acceptors (Lipinski definition) is 2. The van der Waals surface area contributed by atoms with E-state index in [1.54, 1.807) is 0 Å². The largest absolute Gasteiger partial charge is 0.253 e. The fourth-order valence-corrected chi connectivity index (χ4v) is 7.21. The van der Waals surface area contributed by atoms with E-state index in [0.717, 1.165) is 33.6 Å². The van der Waals surface area contributed by atoms with Crippen molar-refractivity contribution < 1.29 is 0 Å². The molecular formula is C46H24N2. The van der Waals surface area contributed by atoms with E-state index in [1.807, 2.05) is 36.7 Å². The summed E-state index contributed by atoms with van der Waals surface area (Å²) in [5.74, 6) is 13.5. The van der Waals surface area contributed by atoms with Gasteiger partial charge in [-0.2, -0.15) is 0 Å². The summed E-state index contributed by atoms with van der Waals surface area (Å²) in [7, 11) is 0. The van der Waals surface area contributed by atoms with Gasteiger partial charge in [0.05, 0.1) is 11.4 Å². The average Bonchev–Trinajstić information content (AvgIpc) is 3.15. The molecule has 0 unspecified atom stereocenters. The minimum absolute atomic E-state index is 0.801. The van der Waals surface area contributed by atoms with Crippen molar-refractivity contribution in [3.63, 3.8) is 0 Å². The van der Waals surface area contributed by atoms with Crippen LogP contribution in [-0.4, -0.2) is 9.97 Å². The van der Waals surface area contributed by atoms with Crippen LogP contribution in [-0.2, 0) is 0 Å². The first-order valence-corrected chi connectivity index (χ1v) is 16.1. The zero-order valence-electron chi connectivity index (χ0n) is 25.8. The smallest absolute Gasteiger partial charge is 0.0887 e. The van der Waals surface area contributed by atoms with Gasteiger partial charge in [-0.15, -0.1) is 0 Å². The van der Waals surface area contributed by atoms with Gasteiger partial charge in [0, 0.05) is 34.6 Å². The van der Waals surface area contributed by atoms with Crippen LogP contribution < -0.4 is 0 Å². The zero-order chi connectivity index (χ0) is 31.6. The first kappa shape index (κ1) is 26.5. The van der Waals surface area contributed by atoms with Crippen molar-refractivity contribution in [3.05, 3.63) is 168 Å². The van der Waals surface area contributed by atoms with Crippen molar-refractivity contribution in [2.75, 3.05) is 0 Å². The maximum Gasteiger partial charge on any atom is 0.0887 e. The molecule has 0 aliphatic carbocycles. The van der Waals surface area contributed by atoms with Gasteiger partial charge in [-0.25, -0.2) is 0 Å². The highest BCUT2D eigenvalue weighted by molar-refractivity contribution is 6.25. The molecule has 2 aromatic heterocycles. The van der Waals surface area contributed by atoms with Crippen LogP contribution in [0.1, 0.15) is 22.3 Å². The van der Waals surface area contributed by atoms with Crippen LogP contribution >= 0.6 is 0 Å². The van der Waals surface area contributed by atoms with Crippen LogP contribution in [0.25, 0.3) is 76.0 Å². The standard InChI is InChI=1S/C46H24N2/c1-3-33-17-19-37-15-13-31(39-23-21-35(5-1)43(33)45(37)39)11-7-29-9-25-41(47-27-29)42-26-10-30(28-48-42)8-12-32-14-16-38-20-18-34-4-2-6-36-22-24-40(32)46(38)44(34)36/h1-6,9-10,13-28H. The Morgan fingerprint density at radius 3 is 1.08 bits per heavy atom. The first-order valence-electron chi connectivity index (χ1n) is 16.1. The lowest BCUT2D eigenvalue weighted by atomic mass is 9.92. The molecule has 0 fully saturated rings. The summed E-state index contributed by atoms with van der Waals surface area (Å²) in [4.78, 5) is 9.37. The van der Waals surface area contributed by atoms with Gasteiger partial charge in [0.2, 0.25) is 0 Å². The Morgan fingerprint density at radius 1 is 0.312 bits per heavy atom. The number of benzene rings is 8. The quantitative estimate of drug-likeness (QED) is 0.138. The topological polar surface area (TPSA) is 25.8 Å². The third kappa shape index (κ3) is 4.18. The van der Waals surface area contributed by atoms with E-state index in [9.17, 15) is 0 Å². The number of rotatable bonds is 1. The van der Waals surface area contributed by atoms with Crippen molar-refractivity contribution in [2.45, 2.75) is 0 Å². The Hall–Kier alpha value is -6.74. The zero-order valence-corrected chi connectivity index (χ0v) is 25.8. The number of pyridine rings is 2. The van der Waals surface area contributed by atoms with Gasteiger partial charge in [-0.05, 0) is 101 Å². The lowest BCUT2D eigenvalue weighted by Crippen LogP contribution is -1.89. The minimum atomic E-state index is 0.801. The summed E-state index contributed by atoms with van der Waals surface area (Å²) in [6, 6.07) is 47.1. The molecular weight excluding hydrogens is 581 g/mol. The van der Waals surface area contributed by atoms with E-state index < -0.39 is 0 Å². The molecule has 2 nitrogen and oxygen atoms in total. The van der Waals surface area contributed by atoms with Crippen LogP contribution in [0, 0.1) is 23.7 Å². The molecule has 0 saturated heterocycles. The summed E-state index contributed by atoms with van der Waals surface area (Å²) in [6.45, 7) is 0. The molecule has 2 heteroatoms. The predicted octanol–water partition coefficient (Wildman–Crippen LogP) is 10.7. The molecule has 0 aliphatic heterocycles. The third-order valence-corrected chi connectivity index (χ3v) is 9.53. The van der Waals surface area contributed by atoms with Crippen LogP contribution in [0.4, 0.5) is 0 Å². The molecule has 0 N–H and O–H groups in total. The van der Waals surface area contributed by atoms with Crippen molar-refractivity contribution in [2.24, 2.45) is 0 Å². The highest BCUT2D eigenvalue weighted by Crippen LogP contribution is 2.37. The SMILES string of the molecule is C(#Cc1ccc2ccc3cccc4ccc1c2c34)c1ccc(-c2ccc(C#Cc3ccc4ccc5cccc6ccc3c4c56)cn2)nc1. The van der Waals surface area contributed by atoms with Gasteiger partial charge >= 0.3 is 0 Å². The van der Waals surface area contributed by atoms with Gasteiger partial charge in [0.15, 0.2) is 0 Å². The van der Waals surface area contributed by atoms with Gasteiger partial charge in [0.25, 0.3) is 0 Å². The molecule has 10 aromatic rings. The highest BCUT2D eigenvalue weighted by Gasteiger charge is 2.11. The molecule has 218 valence electrons. The molecule has 10 rings (SSSR count). The third-order valence-electron chi connectivity index (χ3n) is 9.53. The van der Waals surface area contributed by atoms with Crippen LogP contribution in [0.5, 0.6) is 0 Å². The van der Waals surface area contributed by atoms with Crippen molar-refractivity contribution in [3.8, 4) is 35.1 Å². The molecule has 0 radical (unpaired) electrons. The molecule has 0 atom stereocenters. The molecule has 0 amide bonds. The highest BCUT2D eigenvalue weighted by atomic mass is 14.8. The van der Waals surface area contributed by atoms with Gasteiger partial charge in [-0.1, -0.05) is 121 Å². The summed E-state index contributed by atoms with van der Waals surface area (Å²) < 4.78 is 0. The van der Waals surface area contributed by atoms with E-state index in [4.69, 9.17) is 0 Å². The second-order valence-electron chi connectivity index (χ2n) is 12.3. The van der Waals surface area contributed by atoms with Crippen LogP contribution in [0.15, 0.2) is 146 Å². The lowest BCUT2D eigenvalue weighted by molar-refractivity contribution is 1.24. The maximum absolute atomic E-state index is 4.69. The Balaban J connectivity index is 0.921. The fourth-order valence-electron chi connectivity index (χ4n) is 7.21. The predicted molar refractivity (Wildman–Crippen MR) is 200 cm³/mol. The molecule has 48 heavy (non-hydrogen) atoms. The van der Waals surface area contributed by atoms with E-state index >= 15 is 0 Å². The number of hydrogen-bond donors (Lipinski definition) is 0. The minimum Gasteiger partial charge on any atom is -0.253 e. The summed E-state index contributed by atoms with van der Waals surface area (Å²) in [6.07, 6.45) is 3.64. The second kappa shape index (κ2) is 10.4.